The molecule has 24 heavy (non-hydrogen) atoms. The lowest BCUT2D eigenvalue weighted by molar-refractivity contribution is -0.137. The van der Waals surface area contributed by atoms with Crippen molar-refractivity contribution in [1.29, 1.82) is 0 Å². The number of alkyl halides is 3. The maximum Gasteiger partial charge on any atom is 0.416 e. The molecule has 2 N–H and O–H groups in total. The van der Waals surface area contributed by atoms with E-state index in [-0.39, 0.29) is 24.6 Å². The lowest BCUT2D eigenvalue weighted by Crippen LogP contribution is -2.45. The highest BCUT2D eigenvalue weighted by Gasteiger charge is 2.34. The number of nitrogens with zero attached hydrogens (tertiary/aromatic N) is 1. The van der Waals surface area contributed by atoms with Gasteiger partial charge in [-0.15, -0.1) is 12.4 Å². The van der Waals surface area contributed by atoms with E-state index in [0.717, 1.165) is 6.07 Å². The molecule has 1 aliphatic heterocycles. The zero-order valence-corrected chi connectivity index (χ0v) is 14.4. The van der Waals surface area contributed by atoms with E-state index in [2.05, 4.69) is 5.32 Å². The van der Waals surface area contributed by atoms with Crippen molar-refractivity contribution in [2.45, 2.75) is 25.1 Å². The average molecular weight is 391 g/mol. The number of aliphatic hydroxyl groups is 1. The number of aliphatic hydroxyl groups excluding tert-OH is 1. The number of nitrogens with one attached hydrogen (secondary N) is 1. The molecule has 0 amide bonds. The number of hydrogen-bond donors (Lipinski definition) is 2. The van der Waals surface area contributed by atoms with Crippen molar-refractivity contribution in [3.05, 3.63) is 34.1 Å². The van der Waals surface area contributed by atoms with Crippen molar-refractivity contribution in [3.63, 3.8) is 0 Å². The first kappa shape index (κ1) is 21.4. The van der Waals surface area contributed by atoms with Gasteiger partial charge in [0.2, 0.25) is 0 Å². The van der Waals surface area contributed by atoms with Gasteiger partial charge in [-0.3, -0.25) is 4.90 Å². The van der Waals surface area contributed by atoms with Crippen molar-refractivity contribution >= 4 is 24.0 Å². The molecule has 1 aromatic carbocycles. The first-order valence-corrected chi connectivity index (χ1v) is 7.84. The SMILES string of the molecule is Cl.OCCC[C@@H](c1cc(C(F)(F)F)cc(Cl)c1F)N1CCNCC1. The van der Waals surface area contributed by atoms with Crippen LogP contribution in [0.4, 0.5) is 17.6 Å². The third-order valence-electron chi connectivity index (χ3n) is 3.97. The van der Waals surface area contributed by atoms with Gasteiger partial charge in [-0.2, -0.15) is 13.2 Å². The van der Waals surface area contributed by atoms with Crippen molar-refractivity contribution in [2.75, 3.05) is 32.8 Å². The predicted octanol–water partition coefficient (Wildman–Crippen LogP) is 3.64. The summed E-state index contributed by atoms with van der Waals surface area (Å²) in [6.45, 7) is 2.47. The van der Waals surface area contributed by atoms with Gasteiger partial charge in [0, 0.05) is 44.4 Å². The molecular formula is C15H20Cl2F4N2O. The molecule has 1 aliphatic rings. The third-order valence-corrected chi connectivity index (χ3v) is 4.25. The fraction of sp³-hybridized carbons (Fsp3) is 0.600. The predicted molar refractivity (Wildman–Crippen MR) is 87.2 cm³/mol. The summed E-state index contributed by atoms with van der Waals surface area (Å²) in [6, 6.07) is 0.913. The maximum absolute atomic E-state index is 14.4. The molecule has 0 aliphatic carbocycles. The lowest BCUT2D eigenvalue weighted by Gasteiger charge is -2.35. The Kier molecular flexibility index (Phi) is 8.22. The zero-order chi connectivity index (χ0) is 17.0. The summed E-state index contributed by atoms with van der Waals surface area (Å²) >= 11 is 5.69. The van der Waals surface area contributed by atoms with Crippen LogP contribution in [0.15, 0.2) is 12.1 Å². The van der Waals surface area contributed by atoms with Crippen LogP contribution >= 0.6 is 24.0 Å². The number of rotatable bonds is 5. The van der Waals surface area contributed by atoms with Crippen LogP contribution in [-0.4, -0.2) is 42.8 Å². The van der Waals surface area contributed by atoms with Gasteiger partial charge in [0.15, 0.2) is 0 Å². The van der Waals surface area contributed by atoms with Gasteiger partial charge < -0.3 is 10.4 Å². The van der Waals surface area contributed by atoms with Crippen LogP contribution in [0.25, 0.3) is 0 Å². The second-order valence-electron chi connectivity index (χ2n) is 5.53. The number of piperazine rings is 1. The van der Waals surface area contributed by atoms with Crippen molar-refractivity contribution in [1.82, 2.24) is 10.2 Å². The van der Waals surface area contributed by atoms with Crippen molar-refractivity contribution in [3.8, 4) is 0 Å². The minimum atomic E-state index is -4.59. The van der Waals surface area contributed by atoms with Gasteiger partial charge in [-0.05, 0) is 25.0 Å². The molecule has 1 heterocycles. The van der Waals surface area contributed by atoms with E-state index < -0.39 is 28.6 Å². The molecule has 138 valence electrons. The standard InChI is InChI=1S/C15H19ClF4N2O.ClH/c16-12-9-10(15(18,19)20)8-11(14(12)17)13(2-1-7-23)22-5-3-21-4-6-22;/h8-9,13,21,23H,1-7H2;1H/t13-;/m0./s1. The maximum atomic E-state index is 14.4. The molecule has 1 saturated heterocycles. The molecule has 9 heteroatoms. The van der Waals surface area contributed by atoms with Gasteiger partial charge in [0.1, 0.15) is 5.82 Å². The highest BCUT2D eigenvalue weighted by molar-refractivity contribution is 6.30. The molecule has 0 aromatic heterocycles. The Morgan fingerprint density at radius 3 is 2.42 bits per heavy atom. The van der Waals surface area contributed by atoms with Gasteiger partial charge in [-0.1, -0.05) is 11.6 Å². The Morgan fingerprint density at radius 1 is 1.25 bits per heavy atom. The molecule has 2 rings (SSSR count). The van der Waals surface area contributed by atoms with Gasteiger partial charge in [0.05, 0.1) is 10.6 Å². The second kappa shape index (κ2) is 9.20. The normalized spacial score (nSPS) is 17.4. The Bertz CT molecular complexity index is 537. The Labute approximate surface area is 149 Å². The van der Waals surface area contributed by atoms with Crippen molar-refractivity contribution in [2.24, 2.45) is 0 Å². The molecule has 0 saturated carbocycles. The number of hydrogen-bond acceptors (Lipinski definition) is 3. The monoisotopic (exact) mass is 390 g/mol. The molecule has 3 nitrogen and oxygen atoms in total. The van der Waals surface area contributed by atoms with Gasteiger partial charge in [-0.25, -0.2) is 4.39 Å². The Hall–Kier alpha value is -0.600. The number of halogens is 6. The molecule has 0 spiro atoms. The van der Waals surface area contributed by atoms with E-state index in [1.54, 1.807) is 0 Å². The second-order valence-corrected chi connectivity index (χ2v) is 5.93. The van der Waals surface area contributed by atoms with E-state index in [1.165, 1.54) is 0 Å². The molecule has 0 unspecified atom stereocenters. The topological polar surface area (TPSA) is 35.5 Å². The molecule has 1 fully saturated rings. The summed E-state index contributed by atoms with van der Waals surface area (Å²) in [7, 11) is 0. The average Bonchev–Trinajstić information content (AvgIpc) is 2.51. The van der Waals surface area contributed by atoms with Crippen molar-refractivity contribution < 1.29 is 22.7 Å². The summed E-state index contributed by atoms with van der Waals surface area (Å²) in [5.41, 5.74) is -1.01. The van der Waals surface area contributed by atoms with Crippen LogP contribution in [0.5, 0.6) is 0 Å². The third kappa shape index (κ3) is 5.20. The fourth-order valence-corrected chi connectivity index (χ4v) is 3.06. The zero-order valence-electron chi connectivity index (χ0n) is 12.9. The lowest BCUT2D eigenvalue weighted by atomic mass is 9.97. The quantitative estimate of drug-likeness (QED) is 0.753. The van der Waals surface area contributed by atoms with E-state index in [4.69, 9.17) is 16.7 Å². The Morgan fingerprint density at radius 2 is 1.88 bits per heavy atom. The molecule has 1 aromatic rings. The Balaban J connectivity index is 0.00000288. The summed E-state index contributed by atoms with van der Waals surface area (Å²) in [6.07, 6.45) is -3.84. The first-order valence-electron chi connectivity index (χ1n) is 7.46. The van der Waals surface area contributed by atoms with Crippen LogP contribution in [0.1, 0.15) is 30.0 Å². The molecule has 1 atom stereocenters. The molecular weight excluding hydrogens is 371 g/mol. The van der Waals surface area contributed by atoms with Gasteiger partial charge in [0.25, 0.3) is 0 Å². The first-order chi connectivity index (χ1) is 10.8. The minimum absolute atomic E-state index is 0. The largest absolute Gasteiger partial charge is 0.416 e. The minimum Gasteiger partial charge on any atom is -0.396 e. The van der Waals surface area contributed by atoms with Gasteiger partial charge >= 0.3 is 6.18 Å². The van der Waals surface area contributed by atoms with Crippen LogP contribution in [0, 0.1) is 5.82 Å². The van der Waals surface area contributed by atoms with Crippen LogP contribution in [0.3, 0.4) is 0 Å². The highest BCUT2D eigenvalue weighted by atomic mass is 35.5. The van der Waals surface area contributed by atoms with Crippen LogP contribution < -0.4 is 5.32 Å². The van der Waals surface area contributed by atoms with E-state index in [0.29, 0.717) is 45.1 Å². The number of benzene rings is 1. The summed E-state index contributed by atoms with van der Waals surface area (Å²) in [5.74, 6) is -0.818. The molecule has 0 radical (unpaired) electrons. The van der Waals surface area contributed by atoms with Crippen LogP contribution in [-0.2, 0) is 6.18 Å². The summed E-state index contributed by atoms with van der Waals surface area (Å²) in [4.78, 5) is 1.93. The summed E-state index contributed by atoms with van der Waals surface area (Å²) in [5, 5.41) is 11.7. The summed E-state index contributed by atoms with van der Waals surface area (Å²) < 4.78 is 53.4. The van der Waals surface area contributed by atoms with E-state index in [9.17, 15) is 17.6 Å². The van der Waals surface area contributed by atoms with E-state index >= 15 is 0 Å². The smallest absolute Gasteiger partial charge is 0.396 e. The fourth-order valence-electron chi connectivity index (χ4n) is 2.83. The van der Waals surface area contributed by atoms with E-state index in [1.807, 2.05) is 4.90 Å². The highest BCUT2D eigenvalue weighted by Crippen LogP contribution is 2.37. The molecule has 0 bridgehead atoms. The van der Waals surface area contributed by atoms with Crippen LogP contribution in [0.2, 0.25) is 5.02 Å².